The van der Waals surface area contributed by atoms with E-state index < -0.39 is 5.97 Å². The average molecular weight is 180 g/mol. The van der Waals surface area contributed by atoms with Crippen LogP contribution in [0.3, 0.4) is 0 Å². The van der Waals surface area contributed by atoms with Gasteiger partial charge in [0.2, 0.25) is 0 Å². The largest absolute Gasteiger partial charge is 0.481 e. The first kappa shape index (κ1) is 8.29. The van der Waals surface area contributed by atoms with E-state index in [1.807, 2.05) is 0 Å². The van der Waals surface area contributed by atoms with Gasteiger partial charge in [-0.05, 0) is 25.2 Å². The van der Waals surface area contributed by atoms with Crippen LogP contribution in [0.5, 0.6) is 0 Å². The number of imidazole rings is 1. The molecule has 1 aliphatic carbocycles. The molecule has 0 unspecified atom stereocenters. The molecule has 0 spiro atoms. The van der Waals surface area contributed by atoms with Crippen molar-refractivity contribution in [3.63, 3.8) is 0 Å². The molecule has 0 aliphatic heterocycles. The summed E-state index contributed by atoms with van der Waals surface area (Å²) in [7, 11) is 0. The summed E-state index contributed by atoms with van der Waals surface area (Å²) in [6.45, 7) is 0. The fourth-order valence-corrected chi connectivity index (χ4v) is 1.89. The molecular formula is C9H12N2O2. The first-order valence-electron chi connectivity index (χ1n) is 4.48. The molecule has 13 heavy (non-hydrogen) atoms. The van der Waals surface area contributed by atoms with Gasteiger partial charge < -0.3 is 10.1 Å². The molecule has 1 heterocycles. The quantitative estimate of drug-likeness (QED) is 0.713. The van der Waals surface area contributed by atoms with Gasteiger partial charge in [-0.25, -0.2) is 4.98 Å². The Morgan fingerprint density at radius 1 is 1.77 bits per heavy atom. The highest BCUT2D eigenvalue weighted by Gasteiger charge is 2.22. The Morgan fingerprint density at radius 2 is 2.62 bits per heavy atom. The van der Waals surface area contributed by atoms with Crippen LogP contribution < -0.4 is 0 Å². The van der Waals surface area contributed by atoms with Crippen molar-refractivity contribution in [3.05, 3.63) is 17.7 Å². The number of hydrogen-bond donors (Lipinski definition) is 2. The van der Waals surface area contributed by atoms with Crippen LogP contribution in [0, 0.1) is 5.92 Å². The summed E-state index contributed by atoms with van der Waals surface area (Å²) in [6, 6.07) is 0. The number of aromatic nitrogens is 2. The van der Waals surface area contributed by atoms with Crippen molar-refractivity contribution in [3.8, 4) is 0 Å². The van der Waals surface area contributed by atoms with Crippen LogP contribution in [-0.4, -0.2) is 21.0 Å². The molecule has 0 bridgehead atoms. The number of carbonyl (C=O) groups is 1. The highest BCUT2D eigenvalue weighted by atomic mass is 16.4. The molecule has 4 heteroatoms. The van der Waals surface area contributed by atoms with E-state index in [2.05, 4.69) is 9.97 Å². The number of aliphatic carboxylic acids is 1. The maximum absolute atomic E-state index is 10.5. The summed E-state index contributed by atoms with van der Waals surface area (Å²) in [4.78, 5) is 17.7. The molecule has 2 rings (SSSR count). The fourth-order valence-electron chi connectivity index (χ4n) is 1.89. The minimum absolute atomic E-state index is 0.276. The van der Waals surface area contributed by atoms with Gasteiger partial charge in [0.05, 0.1) is 12.0 Å². The van der Waals surface area contributed by atoms with Crippen molar-refractivity contribution < 1.29 is 9.90 Å². The zero-order valence-corrected chi connectivity index (χ0v) is 7.29. The molecule has 1 aromatic heterocycles. The Bertz CT molecular complexity index is 319. The van der Waals surface area contributed by atoms with Crippen LogP contribution in [0.4, 0.5) is 0 Å². The van der Waals surface area contributed by atoms with Gasteiger partial charge >= 0.3 is 5.97 Å². The highest BCUT2D eigenvalue weighted by molar-refractivity contribution is 5.67. The minimum atomic E-state index is -0.701. The molecule has 4 nitrogen and oxygen atoms in total. The minimum Gasteiger partial charge on any atom is -0.481 e. The van der Waals surface area contributed by atoms with Crippen molar-refractivity contribution in [2.24, 2.45) is 5.92 Å². The first-order valence-corrected chi connectivity index (χ1v) is 4.48. The number of aromatic amines is 1. The summed E-state index contributed by atoms with van der Waals surface area (Å²) in [6.07, 6.45) is 4.66. The second-order valence-corrected chi connectivity index (χ2v) is 3.53. The van der Waals surface area contributed by atoms with E-state index >= 15 is 0 Å². The third-order valence-corrected chi connectivity index (χ3v) is 2.55. The third-order valence-electron chi connectivity index (χ3n) is 2.55. The molecule has 0 saturated carbocycles. The Kier molecular flexibility index (Phi) is 2.04. The topological polar surface area (TPSA) is 66.0 Å². The smallest absolute Gasteiger partial charge is 0.303 e. The molecule has 0 radical (unpaired) electrons. The molecule has 1 aliphatic rings. The monoisotopic (exact) mass is 180 g/mol. The predicted molar refractivity (Wildman–Crippen MR) is 46.4 cm³/mol. The summed E-state index contributed by atoms with van der Waals surface area (Å²) in [5.74, 6) is -0.418. The molecule has 70 valence electrons. The van der Waals surface area contributed by atoms with E-state index in [4.69, 9.17) is 5.11 Å². The number of hydrogen-bond acceptors (Lipinski definition) is 2. The predicted octanol–water partition coefficient (Wildman–Crippen LogP) is 0.989. The molecule has 1 atom stereocenters. The SMILES string of the molecule is O=C(O)C[C@H]1CCc2nc[nH]c2C1. The Balaban J connectivity index is 2.04. The van der Waals surface area contributed by atoms with Crippen molar-refractivity contribution in [2.75, 3.05) is 0 Å². The molecule has 0 amide bonds. The van der Waals surface area contributed by atoms with E-state index in [0.717, 1.165) is 30.7 Å². The summed E-state index contributed by atoms with van der Waals surface area (Å²) in [5, 5.41) is 8.64. The zero-order valence-electron chi connectivity index (χ0n) is 7.29. The van der Waals surface area contributed by atoms with Crippen LogP contribution in [-0.2, 0) is 17.6 Å². The molecule has 0 saturated heterocycles. The second kappa shape index (κ2) is 3.20. The van der Waals surface area contributed by atoms with E-state index in [0.29, 0.717) is 0 Å². The number of H-pyrrole nitrogens is 1. The van der Waals surface area contributed by atoms with Crippen molar-refractivity contribution in [1.82, 2.24) is 9.97 Å². The number of rotatable bonds is 2. The number of carboxylic acid groups (broad SMARTS) is 1. The van der Waals surface area contributed by atoms with Gasteiger partial charge in [-0.3, -0.25) is 4.79 Å². The molecule has 2 N–H and O–H groups in total. The molecule has 0 fully saturated rings. The van der Waals surface area contributed by atoms with Crippen LogP contribution in [0.1, 0.15) is 24.2 Å². The average Bonchev–Trinajstić information content (AvgIpc) is 2.49. The normalized spacial score (nSPS) is 21.1. The summed E-state index contributed by atoms with van der Waals surface area (Å²) >= 11 is 0. The zero-order chi connectivity index (χ0) is 9.26. The molecule has 0 aromatic carbocycles. The van der Waals surface area contributed by atoms with E-state index in [9.17, 15) is 4.79 Å². The number of nitrogens with zero attached hydrogens (tertiary/aromatic N) is 1. The highest BCUT2D eigenvalue weighted by Crippen LogP contribution is 2.24. The van der Waals surface area contributed by atoms with E-state index in [1.165, 1.54) is 0 Å². The Labute approximate surface area is 76.0 Å². The van der Waals surface area contributed by atoms with Gasteiger partial charge in [-0.15, -0.1) is 0 Å². The lowest BCUT2D eigenvalue weighted by Crippen LogP contribution is -2.17. The maximum atomic E-state index is 10.5. The standard InChI is InChI=1S/C9H12N2O2/c12-9(13)4-6-1-2-7-8(3-6)11-5-10-7/h5-6H,1-4H2,(H,10,11)(H,12,13)/t6-/m0/s1. The van der Waals surface area contributed by atoms with Gasteiger partial charge in [0, 0.05) is 12.1 Å². The molecule has 1 aromatic rings. The van der Waals surface area contributed by atoms with Crippen molar-refractivity contribution >= 4 is 5.97 Å². The van der Waals surface area contributed by atoms with Gasteiger partial charge in [-0.2, -0.15) is 0 Å². The number of nitrogens with one attached hydrogen (secondary N) is 1. The van der Waals surface area contributed by atoms with Gasteiger partial charge in [0.15, 0.2) is 0 Å². The first-order chi connectivity index (χ1) is 6.25. The summed E-state index contributed by atoms with van der Waals surface area (Å²) in [5.41, 5.74) is 2.24. The van der Waals surface area contributed by atoms with Gasteiger partial charge in [0.1, 0.15) is 0 Å². The van der Waals surface area contributed by atoms with Crippen LogP contribution >= 0.6 is 0 Å². The van der Waals surface area contributed by atoms with Crippen molar-refractivity contribution in [2.45, 2.75) is 25.7 Å². The third kappa shape index (κ3) is 1.71. The fraction of sp³-hybridized carbons (Fsp3) is 0.556. The second-order valence-electron chi connectivity index (χ2n) is 3.53. The lowest BCUT2D eigenvalue weighted by molar-refractivity contribution is -0.138. The van der Waals surface area contributed by atoms with Crippen LogP contribution in [0.25, 0.3) is 0 Å². The molecular weight excluding hydrogens is 168 g/mol. The lowest BCUT2D eigenvalue weighted by atomic mass is 9.87. The van der Waals surface area contributed by atoms with Gasteiger partial charge in [-0.1, -0.05) is 0 Å². The number of aryl methyl sites for hydroxylation is 1. The lowest BCUT2D eigenvalue weighted by Gasteiger charge is -2.19. The maximum Gasteiger partial charge on any atom is 0.303 e. The number of carboxylic acids is 1. The van der Waals surface area contributed by atoms with Crippen molar-refractivity contribution in [1.29, 1.82) is 0 Å². The van der Waals surface area contributed by atoms with Gasteiger partial charge in [0.25, 0.3) is 0 Å². The Hall–Kier alpha value is -1.32. The number of fused-ring (bicyclic) bond motifs is 1. The Morgan fingerprint density at radius 3 is 3.38 bits per heavy atom. The summed E-state index contributed by atoms with van der Waals surface area (Å²) < 4.78 is 0. The van der Waals surface area contributed by atoms with E-state index in [-0.39, 0.29) is 12.3 Å². The van der Waals surface area contributed by atoms with E-state index in [1.54, 1.807) is 6.33 Å². The van der Waals surface area contributed by atoms with Crippen LogP contribution in [0.2, 0.25) is 0 Å². The van der Waals surface area contributed by atoms with Crippen LogP contribution in [0.15, 0.2) is 6.33 Å².